The molecule has 1 aliphatic carbocycles. The zero-order valence-corrected chi connectivity index (χ0v) is 17.8. The molecule has 0 spiro atoms. The second-order valence-electron chi connectivity index (χ2n) is 7.13. The first kappa shape index (κ1) is 24.6. The first-order chi connectivity index (χ1) is 15.3. The molecule has 1 aliphatic rings. The molecule has 3 rings (SSSR count). The van der Waals surface area contributed by atoms with Crippen LogP contribution in [0.1, 0.15) is 18.9 Å². The van der Waals surface area contributed by atoms with Crippen molar-refractivity contribution in [2.24, 2.45) is 18.1 Å². The summed E-state index contributed by atoms with van der Waals surface area (Å²) in [7, 11) is 1.38. The van der Waals surface area contributed by atoms with Crippen molar-refractivity contribution < 1.29 is 31.2 Å². The van der Waals surface area contributed by atoms with Crippen LogP contribution >= 0.6 is 11.6 Å². The summed E-state index contributed by atoms with van der Waals surface area (Å²) in [6.45, 7) is 0.895. The summed E-state index contributed by atoms with van der Waals surface area (Å²) in [5.41, 5.74) is -1.92. The SMILES string of the molecule is C/C(=N\OCc1c(Cl)cccc1-n1nnn(C)c1=O)C1=CC(C(F)(F)F)=CC(C(F)(F)F)C1. The smallest absolute Gasteiger partial charge is 0.391 e. The Labute approximate surface area is 187 Å². The number of hydrogen-bond donors (Lipinski definition) is 0. The van der Waals surface area contributed by atoms with E-state index < -0.39 is 36.0 Å². The van der Waals surface area contributed by atoms with Gasteiger partial charge in [-0.25, -0.2) is 4.79 Å². The highest BCUT2D eigenvalue weighted by Gasteiger charge is 2.44. The highest BCUT2D eigenvalue weighted by atomic mass is 35.5. The van der Waals surface area contributed by atoms with Crippen molar-refractivity contribution in [2.75, 3.05) is 0 Å². The molecule has 0 N–H and O–H groups in total. The predicted molar refractivity (Wildman–Crippen MR) is 106 cm³/mol. The topological polar surface area (TPSA) is 74.3 Å². The molecule has 1 aromatic carbocycles. The first-order valence-electron chi connectivity index (χ1n) is 9.29. The molecule has 0 saturated heterocycles. The summed E-state index contributed by atoms with van der Waals surface area (Å²) >= 11 is 6.17. The Hall–Kier alpha value is -3.09. The molecule has 1 atom stereocenters. The number of nitrogens with zero attached hydrogens (tertiary/aromatic N) is 5. The van der Waals surface area contributed by atoms with Crippen LogP contribution in [0.15, 0.2) is 51.4 Å². The summed E-state index contributed by atoms with van der Waals surface area (Å²) in [6.07, 6.45) is -9.74. The van der Waals surface area contributed by atoms with Crippen LogP contribution in [-0.2, 0) is 18.5 Å². The lowest BCUT2D eigenvalue weighted by molar-refractivity contribution is -0.162. The van der Waals surface area contributed by atoms with Crippen LogP contribution in [0.4, 0.5) is 26.3 Å². The highest BCUT2D eigenvalue weighted by Crippen LogP contribution is 2.40. The van der Waals surface area contributed by atoms with Crippen LogP contribution in [0.2, 0.25) is 5.02 Å². The largest absolute Gasteiger partial charge is 0.416 e. The Morgan fingerprint density at radius 1 is 1.24 bits per heavy atom. The number of tetrazole rings is 1. The second-order valence-corrected chi connectivity index (χ2v) is 7.53. The summed E-state index contributed by atoms with van der Waals surface area (Å²) in [6, 6.07) is 4.56. The van der Waals surface area contributed by atoms with E-state index in [1.54, 1.807) is 6.07 Å². The highest BCUT2D eigenvalue weighted by molar-refractivity contribution is 6.31. The van der Waals surface area contributed by atoms with E-state index in [9.17, 15) is 31.1 Å². The number of halogens is 7. The summed E-state index contributed by atoms with van der Waals surface area (Å²) < 4.78 is 80.6. The molecule has 33 heavy (non-hydrogen) atoms. The van der Waals surface area contributed by atoms with Gasteiger partial charge in [-0.15, -0.1) is 0 Å². The Balaban J connectivity index is 1.85. The van der Waals surface area contributed by atoms with Gasteiger partial charge in [0.15, 0.2) is 0 Å². The molecule has 0 bridgehead atoms. The fraction of sp³-hybridized carbons (Fsp3) is 0.368. The molecule has 14 heteroatoms. The van der Waals surface area contributed by atoms with E-state index in [0.29, 0.717) is 6.08 Å². The van der Waals surface area contributed by atoms with E-state index in [1.807, 2.05) is 0 Å². The quantitative estimate of drug-likeness (QED) is 0.347. The summed E-state index contributed by atoms with van der Waals surface area (Å²) in [5.74, 6) is -2.31. The Kier molecular flexibility index (Phi) is 6.73. The van der Waals surface area contributed by atoms with Crippen molar-refractivity contribution in [2.45, 2.75) is 32.3 Å². The van der Waals surface area contributed by atoms with Crippen molar-refractivity contribution in [1.29, 1.82) is 0 Å². The zero-order valence-electron chi connectivity index (χ0n) is 17.1. The predicted octanol–water partition coefficient (Wildman–Crippen LogP) is 4.51. The van der Waals surface area contributed by atoms with Gasteiger partial charge in [0.25, 0.3) is 0 Å². The number of benzene rings is 1. The van der Waals surface area contributed by atoms with Crippen LogP contribution in [0.25, 0.3) is 5.69 Å². The molecular weight excluding hydrogens is 480 g/mol. The molecule has 0 saturated carbocycles. The fourth-order valence-corrected chi connectivity index (χ4v) is 3.28. The normalized spacial score (nSPS) is 17.6. The lowest BCUT2D eigenvalue weighted by Crippen LogP contribution is -2.27. The van der Waals surface area contributed by atoms with E-state index in [2.05, 4.69) is 15.6 Å². The number of hydrogen-bond acceptors (Lipinski definition) is 5. The van der Waals surface area contributed by atoms with Crippen molar-refractivity contribution in [3.8, 4) is 5.69 Å². The van der Waals surface area contributed by atoms with Crippen molar-refractivity contribution >= 4 is 17.3 Å². The van der Waals surface area contributed by atoms with Gasteiger partial charge < -0.3 is 4.84 Å². The zero-order chi connectivity index (χ0) is 24.6. The first-order valence-corrected chi connectivity index (χ1v) is 9.67. The number of aromatic nitrogens is 4. The summed E-state index contributed by atoms with van der Waals surface area (Å²) in [5, 5.41) is 11.2. The monoisotopic (exact) mass is 495 g/mol. The average Bonchev–Trinajstić information content (AvgIpc) is 3.05. The van der Waals surface area contributed by atoms with Crippen LogP contribution in [-0.4, -0.2) is 37.9 Å². The van der Waals surface area contributed by atoms with Gasteiger partial charge in [0, 0.05) is 17.6 Å². The van der Waals surface area contributed by atoms with Crippen LogP contribution in [0.3, 0.4) is 0 Å². The van der Waals surface area contributed by atoms with E-state index in [-0.39, 0.29) is 40.2 Å². The van der Waals surface area contributed by atoms with Crippen LogP contribution in [0.5, 0.6) is 0 Å². The lowest BCUT2D eigenvalue weighted by atomic mass is 9.87. The van der Waals surface area contributed by atoms with Crippen molar-refractivity contribution in [3.63, 3.8) is 0 Å². The molecular formula is C19H16ClF6N5O2. The standard InChI is InChI=1S/C19H16ClF6N5O2/c1-10(11-6-12(18(21,22)23)8-13(7-11)19(24,25)26)27-33-9-14-15(20)4-3-5-16(14)31-17(32)30(2)28-29-31/h3-6,8,13H,7,9H2,1-2H3/b27-10+. The minimum absolute atomic E-state index is 0.159. The van der Waals surface area contributed by atoms with Gasteiger partial charge in [0.05, 0.1) is 22.9 Å². The maximum Gasteiger partial charge on any atom is 0.416 e. The van der Waals surface area contributed by atoms with E-state index in [0.717, 1.165) is 9.36 Å². The maximum absolute atomic E-state index is 13.1. The molecule has 0 aliphatic heterocycles. The van der Waals surface area contributed by atoms with Crippen molar-refractivity contribution in [1.82, 2.24) is 19.8 Å². The van der Waals surface area contributed by atoms with E-state index in [4.69, 9.17) is 16.4 Å². The number of alkyl halides is 6. The molecule has 178 valence electrons. The third-order valence-corrected chi connectivity index (χ3v) is 5.17. The molecule has 0 radical (unpaired) electrons. The molecule has 1 heterocycles. The van der Waals surface area contributed by atoms with E-state index in [1.165, 1.54) is 26.1 Å². The summed E-state index contributed by atoms with van der Waals surface area (Å²) in [4.78, 5) is 17.3. The van der Waals surface area contributed by atoms with Gasteiger partial charge in [-0.05, 0) is 47.6 Å². The Bertz CT molecular complexity index is 1190. The van der Waals surface area contributed by atoms with Gasteiger partial charge in [-0.1, -0.05) is 28.9 Å². The lowest BCUT2D eigenvalue weighted by Gasteiger charge is -2.24. The van der Waals surface area contributed by atoms with Gasteiger partial charge in [-0.3, -0.25) is 0 Å². The molecule has 0 fully saturated rings. The van der Waals surface area contributed by atoms with E-state index >= 15 is 0 Å². The molecule has 2 aromatic rings. The third-order valence-electron chi connectivity index (χ3n) is 4.82. The molecule has 1 aromatic heterocycles. The third kappa shape index (κ3) is 5.46. The fourth-order valence-electron chi connectivity index (χ4n) is 3.05. The van der Waals surface area contributed by atoms with Gasteiger partial charge in [-0.2, -0.15) is 35.7 Å². The van der Waals surface area contributed by atoms with Gasteiger partial charge in [0.1, 0.15) is 6.61 Å². The number of allylic oxidation sites excluding steroid dienone is 4. The number of aryl methyl sites for hydroxylation is 1. The number of rotatable bonds is 5. The molecule has 7 nitrogen and oxygen atoms in total. The van der Waals surface area contributed by atoms with Gasteiger partial charge in [0.2, 0.25) is 0 Å². The Morgan fingerprint density at radius 2 is 1.94 bits per heavy atom. The van der Waals surface area contributed by atoms with Gasteiger partial charge >= 0.3 is 18.0 Å². The molecule has 1 unspecified atom stereocenters. The van der Waals surface area contributed by atoms with Crippen LogP contribution < -0.4 is 5.69 Å². The minimum atomic E-state index is -4.95. The van der Waals surface area contributed by atoms with Crippen molar-refractivity contribution in [3.05, 3.63) is 62.6 Å². The Morgan fingerprint density at radius 3 is 2.52 bits per heavy atom. The average molecular weight is 496 g/mol. The number of oxime groups is 1. The maximum atomic E-state index is 13.1. The minimum Gasteiger partial charge on any atom is -0.391 e. The second kappa shape index (κ2) is 9.04. The molecule has 0 amide bonds. The van der Waals surface area contributed by atoms with Crippen LogP contribution in [0, 0.1) is 5.92 Å².